The van der Waals surface area contributed by atoms with E-state index in [2.05, 4.69) is 35.1 Å². The topological polar surface area (TPSA) is 84.9 Å². The number of benzene rings is 2. The van der Waals surface area contributed by atoms with Gasteiger partial charge in [0.05, 0.1) is 23.3 Å². The van der Waals surface area contributed by atoms with Crippen LogP contribution in [0.4, 0.5) is 0 Å². The zero-order valence-electron chi connectivity index (χ0n) is 21.1. The van der Waals surface area contributed by atoms with Crippen LogP contribution in [0.3, 0.4) is 0 Å². The van der Waals surface area contributed by atoms with Crippen LogP contribution < -0.4 is 10.1 Å². The molecule has 2 aromatic rings. The number of hydrogen-bond donors (Lipinski definition) is 2. The Morgan fingerprint density at radius 1 is 1.19 bits per heavy atom. The fourth-order valence-electron chi connectivity index (χ4n) is 5.05. The van der Waals surface area contributed by atoms with Gasteiger partial charge in [-0.1, -0.05) is 44.2 Å². The second kappa shape index (κ2) is 10.5. The molecule has 0 amide bonds. The van der Waals surface area contributed by atoms with Gasteiger partial charge < -0.3 is 19.9 Å². The van der Waals surface area contributed by atoms with Crippen molar-refractivity contribution in [2.75, 3.05) is 13.2 Å². The largest absolute Gasteiger partial charge is 0.503 e. The van der Waals surface area contributed by atoms with Gasteiger partial charge in [0.15, 0.2) is 17.3 Å². The maximum atomic E-state index is 13.5. The number of halogens is 1. The SMILES string of the molecule is CCOc1cc(C2C(C(=O)OCCc3ccccc3)=C(C)NC3=C2C(=O)CC(C)(C)C3)cc(Br)c1O. The number of allylic oxidation sites excluding steroid dienone is 3. The molecule has 6 nitrogen and oxygen atoms in total. The Labute approximate surface area is 220 Å². The molecule has 0 bridgehead atoms. The summed E-state index contributed by atoms with van der Waals surface area (Å²) in [5, 5.41) is 13.8. The standard InChI is InChI=1S/C29H32BrNO5/c1-5-35-23-14-19(13-20(30)27(23)33)25-24(28(34)36-12-11-18-9-7-6-8-10-18)17(2)31-21-15-29(3,4)16-22(32)26(21)25/h6-10,13-14,25,31,33H,5,11-12,15-16H2,1-4H3. The molecule has 1 heterocycles. The normalized spacial score (nSPS) is 19.0. The number of ether oxygens (including phenoxy) is 2. The van der Waals surface area contributed by atoms with Crippen molar-refractivity contribution in [1.29, 1.82) is 0 Å². The summed E-state index contributed by atoms with van der Waals surface area (Å²) in [6.45, 7) is 8.40. The molecule has 0 spiro atoms. The van der Waals surface area contributed by atoms with Crippen molar-refractivity contribution in [2.24, 2.45) is 5.41 Å². The molecule has 2 aromatic carbocycles. The first-order valence-electron chi connectivity index (χ1n) is 12.2. The molecule has 0 saturated carbocycles. The number of hydrogen-bond acceptors (Lipinski definition) is 6. The molecule has 1 atom stereocenters. The van der Waals surface area contributed by atoms with Crippen molar-refractivity contribution in [1.82, 2.24) is 5.32 Å². The number of phenols is 1. The molecular formula is C29H32BrNO5. The molecule has 0 saturated heterocycles. The molecule has 1 aliphatic heterocycles. The first kappa shape index (κ1) is 26.0. The summed E-state index contributed by atoms with van der Waals surface area (Å²) >= 11 is 3.42. The third kappa shape index (κ3) is 5.36. The minimum Gasteiger partial charge on any atom is -0.503 e. The lowest BCUT2D eigenvalue weighted by molar-refractivity contribution is -0.139. The number of nitrogens with one attached hydrogen (secondary N) is 1. The molecule has 36 heavy (non-hydrogen) atoms. The highest BCUT2D eigenvalue weighted by Crippen LogP contribution is 2.49. The summed E-state index contributed by atoms with van der Waals surface area (Å²) in [5.41, 5.74) is 4.04. The molecular weight excluding hydrogens is 522 g/mol. The highest BCUT2D eigenvalue weighted by molar-refractivity contribution is 9.10. The number of esters is 1. The first-order valence-corrected chi connectivity index (χ1v) is 13.0. The molecule has 0 radical (unpaired) electrons. The van der Waals surface area contributed by atoms with Crippen LogP contribution in [0.25, 0.3) is 0 Å². The van der Waals surface area contributed by atoms with Gasteiger partial charge in [0.25, 0.3) is 0 Å². The van der Waals surface area contributed by atoms with E-state index in [9.17, 15) is 14.7 Å². The third-order valence-corrected chi connectivity index (χ3v) is 7.21. The zero-order chi connectivity index (χ0) is 26.0. The van der Waals surface area contributed by atoms with Gasteiger partial charge in [-0.3, -0.25) is 4.79 Å². The van der Waals surface area contributed by atoms with E-state index in [4.69, 9.17) is 9.47 Å². The fraction of sp³-hybridized carbons (Fsp3) is 0.379. The second-order valence-corrected chi connectivity index (χ2v) is 10.9. The van der Waals surface area contributed by atoms with Crippen molar-refractivity contribution < 1.29 is 24.2 Å². The summed E-state index contributed by atoms with van der Waals surface area (Å²) in [4.78, 5) is 27.0. The van der Waals surface area contributed by atoms with E-state index >= 15 is 0 Å². The molecule has 1 unspecified atom stereocenters. The number of carbonyl (C=O) groups is 2. The Morgan fingerprint density at radius 2 is 1.92 bits per heavy atom. The van der Waals surface area contributed by atoms with Crippen molar-refractivity contribution in [3.63, 3.8) is 0 Å². The van der Waals surface area contributed by atoms with Crippen molar-refractivity contribution in [3.05, 3.63) is 80.6 Å². The lowest BCUT2D eigenvalue weighted by Crippen LogP contribution is -2.38. The number of ketones is 1. The van der Waals surface area contributed by atoms with Gasteiger partial charge in [-0.2, -0.15) is 0 Å². The minimum atomic E-state index is -0.634. The van der Waals surface area contributed by atoms with Crippen LogP contribution in [-0.2, 0) is 20.7 Å². The molecule has 7 heteroatoms. The Kier molecular flexibility index (Phi) is 7.59. The van der Waals surface area contributed by atoms with Crippen LogP contribution in [0.2, 0.25) is 0 Å². The molecule has 1 aliphatic carbocycles. The van der Waals surface area contributed by atoms with Crippen LogP contribution >= 0.6 is 15.9 Å². The predicted octanol–water partition coefficient (Wildman–Crippen LogP) is 5.94. The maximum absolute atomic E-state index is 13.5. The van der Waals surface area contributed by atoms with E-state index < -0.39 is 11.9 Å². The van der Waals surface area contributed by atoms with Gasteiger partial charge in [-0.05, 0) is 64.9 Å². The molecule has 2 aliphatic rings. The quantitative estimate of drug-likeness (QED) is 0.412. The van der Waals surface area contributed by atoms with E-state index in [1.807, 2.05) is 44.2 Å². The zero-order valence-corrected chi connectivity index (χ0v) is 22.7. The van der Waals surface area contributed by atoms with Crippen LogP contribution in [0.5, 0.6) is 11.5 Å². The van der Waals surface area contributed by atoms with E-state index in [-0.39, 0.29) is 23.6 Å². The van der Waals surface area contributed by atoms with Crippen LogP contribution in [0.1, 0.15) is 57.6 Å². The monoisotopic (exact) mass is 553 g/mol. The van der Waals surface area contributed by atoms with Crippen LogP contribution in [-0.4, -0.2) is 30.1 Å². The van der Waals surface area contributed by atoms with Gasteiger partial charge in [0, 0.05) is 35.7 Å². The summed E-state index contributed by atoms with van der Waals surface area (Å²) in [7, 11) is 0. The summed E-state index contributed by atoms with van der Waals surface area (Å²) in [6, 6.07) is 13.3. The Morgan fingerprint density at radius 3 is 2.61 bits per heavy atom. The van der Waals surface area contributed by atoms with Gasteiger partial charge in [0.2, 0.25) is 0 Å². The smallest absolute Gasteiger partial charge is 0.336 e. The van der Waals surface area contributed by atoms with Crippen molar-refractivity contribution >= 4 is 27.7 Å². The van der Waals surface area contributed by atoms with Gasteiger partial charge in [-0.15, -0.1) is 0 Å². The molecule has 2 N–H and O–H groups in total. The van der Waals surface area contributed by atoms with Gasteiger partial charge in [0.1, 0.15) is 0 Å². The van der Waals surface area contributed by atoms with E-state index in [1.165, 1.54) is 0 Å². The molecule has 0 aromatic heterocycles. The maximum Gasteiger partial charge on any atom is 0.336 e. The van der Waals surface area contributed by atoms with E-state index in [0.717, 1.165) is 11.3 Å². The van der Waals surface area contributed by atoms with Gasteiger partial charge in [-0.25, -0.2) is 4.79 Å². The van der Waals surface area contributed by atoms with Gasteiger partial charge >= 0.3 is 5.97 Å². The number of dihydropyridines is 1. The summed E-state index contributed by atoms with van der Waals surface area (Å²) < 4.78 is 11.8. The predicted molar refractivity (Wildman–Crippen MR) is 142 cm³/mol. The number of phenolic OH excluding ortho intramolecular Hbond substituents is 1. The summed E-state index contributed by atoms with van der Waals surface area (Å²) in [6.07, 6.45) is 1.67. The lowest BCUT2D eigenvalue weighted by atomic mass is 9.68. The van der Waals surface area contributed by atoms with E-state index in [0.29, 0.717) is 58.5 Å². The molecule has 4 rings (SSSR count). The Hall–Kier alpha value is -3.06. The second-order valence-electron chi connectivity index (χ2n) is 10.1. The summed E-state index contributed by atoms with van der Waals surface area (Å²) in [5.74, 6) is -0.825. The van der Waals surface area contributed by atoms with Crippen LogP contribution in [0.15, 0.2) is 69.5 Å². The van der Waals surface area contributed by atoms with Crippen LogP contribution in [0, 0.1) is 5.41 Å². The third-order valence-electron chi connectivity index (χ3n) is 6.61. The highest BCUT2D eigenvalue weighted by atomic mass is 79.9. The number of carbonyl (C=O) groups excluding carboxylic acids is 2. The first-order chi connectivity index (χ1) is 17.1. The average molecular weight is 554 g/mol. The highest BCUT2D eigenvalue weighted by Gasteiger charge is 2.43. The lowest BCUT2D eigenvalue weighted by Gasteiger charge is -2.39. The average Bonchev–Trinajstić information content (AvgIpc) is 2.81. The molecule has 0 fully saturated rings. The fourth-order valence-corrected chi connectivity index (χ4v) is 5.51. The minimum absolute atomic E-state index is 0.00277. The number of Topliss-reactive ketones (excluding diaryl/α,β-unsaturated/α-hetero) is 1. The van der Waals surface area contributed by atoms with Crippen molar-refractivity contribution in [2.45, 2.75) is 52.9 Å². The van der Waals surface area contributed by atoms with E-state index in [1.54, 1.807) is 12.1 Å². The number of rotatable bonds is 7. The van der Waals surface area contributed by atoms with Crippen molar-refractivity contribution in [3.8, 4) is 11.5 Å². The number of aromatic hydroxyl groups is 1. The Bertz CT molecular complexity index is 1250. The Balaban J connectivity index is 1.74. The molecule has 190 valence electrons.